The van der Waals surface area contributed by atoms with E-state index in [0.29, 0.717) is 29.2 Å². The normalized spacial score (nSPS) is 15.9. The van der Waals surface area contributed by atoms with Crippen molar-refractivity contribution in [3.05, 3.63) is 28.9 Å². The zero-order chi connectivity index (χ0) is 17.3. The molecule has 1 aromatic heterocycles. The summed E-state index contributed by atoms with van der Waals surface area (Å²) < 4.78 is 0. The number of carbonyl (C=O) groups is 2. The van der Waals surface area contributed by atoms with Crippen LogP contribution in [0.25, 0.3) is 10.9 Å². The molecule has 1 aromatic carbocycles. The van der Waals surface area contributed by atoms with Crippen LogP contribution in [-0.2, 0) is 4.79 Å². The second-order valence-corrected chi connectivity index (χ2v) is 6.93. The maximum absolute atomic E-state index is 12.5. The molecule has 7 heteroatoms. The molecule has 0 atom stereocenters. The minimum atomic E-state index is -0.211. The summed E-state index contributed by atoms with van der Waals surface area (Å²) in [5.41, 5.74) is 1.13. The van der Waals surface area contributed by atoms with Crippen LogP contribution in [0.5, 0.6) is 0 Å². The summed E-state index contributed by atoms with van der Waals surface area (Å²) in [6.45, 7) is 5.16. The van der Waals surface area contributed by atoms with E-state index in [4.69, 9.17) is 11.6 Å². The lowest BCUT2D eigenvalue weighted by molar-refractivity contribution is -0.135. The Balaban J connectivity index is 1.63. The molecule has 1 aliphatic rings. The van der Waals surface area contributed by atoms with Gasteiger partial charge in [0.25, 0.3) is 5.91 Å². The van der Waals surface area contributed by atoms with Gasteiger partial charge in [0.1, 0.15) is 0 Å². The van der Waals surface area contributed by atoms with Crippen LogP contribution in [0.4, 0.5) is 0 Å². The largest absolute Gasteiger partial charge is 0.348 e. The van der Waals surface area contributed by atoms with Gasteiger partial charge in [-0.05, 0) is 31.0 Å². The molecule has 24 heavy (non-hydrogen) atoms. The standard InChI is InChI=1S/C17H21ClN4O2/c1-10(2)17(24)22-7-5-12(6-8-22)19-16(23)15-13-9-11(18)3-4-14(13)20-21-15/h3-4,9-10,12H,5-8H2,1-2H3,(H,19,23)(H,20,21). The first-order valence-electron chi connectivity index (χ1n) is 8.19. The highest BCUT2D eigenvalue weighted by atomic mass is 35.5. The smallest absolute Gasteiger partial charge is 0.272 e. The maximum atomic E-state index is 12.5. The second-order valence-electron chi connectivity index (χ2n) is 6.49. The van der Waals surface area contributed by atoms with Crippen LogP contribution in [0.3, 0.4) is 0 Å². The van der Waals surface area contributed by atoms with Crippen molar-refractivity contribution in [1.29, 1.82) is 0 Å². The van der Waals surface area contributed by atoms with Gasteiger partial charge in [0.15, 0.2) is 5.69 Å². The van der Waals surface area contributed by atoms with E-state index < -0.39 is 0 Å². The Bertz CT molecular complexity index is 763. The van der Waals surface area contributed by atoms with Gasteiger partial charge in [0.05, 0.1) is 5.52 Å². The number of carbonyl (C=O) groups excluding carboxylic acids is 2. The summed E-state index contributed by atoms with van der Waals surface area (Å²) >= 11 is 6.00. The molecule has 1 aliphatic heterocycles. The first kappa shape index (κ1) is 16.8. The third-order valence-electron chi connectivity index (χ3n) is 4.38. The summed E-state index contributed by atoms with van der Waals surface area (Å²) in [7, 11) is 0. The van der Waals surface area contributed by atoms with Gasteiger partial charge in [-0.15, -0.1) is 0 Å². The van der Waals surface area contributed by atoms with Crippen molar-refractivity contribution in [1.82, 2.24) is 20.4 Å². The Hall–Kier alpha value is -2.08. The Kier molecular flexibility index (Phi) is 4.76. The molecule has 2 amide bonds. The number of rotatable bonds is 3. The van der Waals surface area contributed by atoms with Crippen molar-refractivity contribution in [2.24, 2.45) is 5.92 Å². The van der Waals surface area contributed by atoms with Gasteiger partial charge in [-0.25, -0.2) is 0 Å². The number of aromatic nitrogens is 2. The van der Waals surface area contributed by atoms with E-state index in [0.717, 1.165) is 18.4 Å². The molecular weight excluding hydrogens is 328 g/mol. The second kappa shape index (κ2) is 6.81. The molecule has 3 rings (SSSR count). The summed E-state index contributed by atoms with van der Waals surface area (Å²) in [6.07, 6.45) is 1.51. The number of halogens is 1. The van der Waals surface area contributed by atoms with E-state index >= 15 is 0 Å². The van der Waals surface area contributed by atoms with Gasteiger partial charge in [-0.1, -0.05) is 25.4 Å². The summed E-state index contributed by atoms with van der Waals surface area (Å²) in [5.74, 6) is -0.0267. The molecule has 0 saturated carbocycles. The van der Waals surface area contributed by atoms with Crippen LogP contribution < -0.4 is 5.32 Å². The Labute approximate surface area is 145 Å². The van der Waals surface area contributed by atoms with Crippen molar-refractivity contribution in [3.63, 3.8) is 0 Å². The summed E-state index contributed by atoms with van der Waals surface area (Å²) in [5, 5.41) is 11.3. The number of likely N-dealkylation sites (tertiary alicyclic amines) is 1. The average Bonchev–Trinajstić information content (AvgIpc) is 2.97. The first-order valence-corrected chi connectivity index (χ1v) is 8.57. The highest BCUT2D eigenvalue weighted by Gasteiger charge is 2.26. The molecule has 1 saturated heterocycles. The number of hydrogen-bond donors (Lipinski definition) is 2. The van der Waals surface area contributed by atoms with Crippen LogP contribution in [0.15, 0.2) is 18.2 Å². The first-order chi connectivity index (χ1) is 11.5. The van der Waals surface area contributed by atoms with Crippen molar-refractivity contribution in [2.75, 3.05) is 13.1 Å². The van der Waals surface area contributed by atoms with Crippen LogP contribution in [0.1, 0.15) is 37.2 Å². The average molecular weight is 349 g/mol. The molecule has 0 aliphatic carbocycles. The Morgan fingerprint density at radius 1 is 1.33 bits per heavy atom. The van der Waals surface area contributed by atoms with E-state index in [1.54, 1.807) is 18.2 Å². The summed E-state index contributed by atoms with van der Waals surface area (Å²) in [6, 6.07) is 5.35. The molecule has 1 fully saturated rings. The molecule has 2 aromatic rings. The SMILES string of the molecule is CC(C)C(=O)N1CCC(NC(=O)c2n[nH]c3ccc(Cl)cc23)CC1. The minimum Gasteiger partial charge on any atom is -0.348 e. The van der Waals surface area contributed by atoms with E-state index in [-0.39, 0.29) is 23.8 Å². The van der Waals surface area contributed by atoms with E-state index in [9.17, 15) is 9.59 Å². The molecule has 0 unspecified atom stereocenters. The molecular formula is C17H21ClN4O2. The lowest BCUT2D eigenvalue weighted by Gasteiger charge is -2.33. The lowest BCUT2D eigenvalue weighted by Crippen LogP contribution is -2.47. The topological polar surface area (TPSA) is 78.1 Å². The summed E-state index contributed by atoms with van der Waals surface area (Å²) in [4.78, 5) is 26.4. The van der Waals surface area contributed by atoms with Crippen LogP contribution in [0, 0.1) is 5.92 Å². The number of hydrogen-bond acceptors (Lipinski definition) is 3. The van der Waals surface area contributed by atoms with Crippen molar-refractivity contribution in [3.8, 4) is 0 Å². The van der Waals surface area contributed by atoms with Crippen LogP contribution in [0.2, 0.25) is 5.02 Å². The van der Waals surface area contributed by atoms with Crippen molar-refractivity contribution < 1.29 is 9.59 Å². The fraction of sp³-hybridized carbons (Fsp3) is 0.471. The van der Waals surface area contributed by atoms with E-state index in [1.165, 1.54) is 0 Å². The van der Waals surface area contributed by atoms with Crippen LogP contribution in [-0.4, -0.2) is 46.0 Å². The zero-order valence-corrected chi connectivity index (χ0v) is 14.6. The molecule has 0 spiro atoms. The fourth-order valence-corrected chi connectivity index (χ4v) is 3.19. The molecule has 2 N–H and O–H groups in total. The van der Waals surface area contributed by atoms with Gasteiger partial charge in [-0.2, -0.15) is 5.10 Å². The quantitative estimate of drug-likeness (QED) is 0.894. The van der Waals surface area contributed by atoms with Crippen LogP contribution >= 0.6 is 11.6 Å². The highest BCUT2D eigenvalue weighted by molar-refractivity contribution is 6.31. The van der Waals surface area contributed by atoms with Crippen molar-refractivity contribution in [2.45, 2.75) is 32.7 Å². The number of H-pyrrole nitrogens is 1. The number of fused-ring (bicyclic) bond motifs is 1. The third-order valence-corrected chi connectivity index (χ3v) is 4.61. The number of aromatic amines is 1. The Morgan fingerprint density at radius 3 is 2.71 bits per heavy atom. The number of nitrogens with zero attached hydrogens (tertiary/aromatic N) is 2. The minimum absolute atomic E-state index is 0.0105. The van der Waals surface area contributed by atoms with Crippen molar-refractivity contribution >= 4 is 34.3 Å². The van der Waals surface area contributed by atoms with Gasteiger partial charge >= 0.3 is 0 Å². The number of amides is 2. The highest BCUT2D eigenvalue weighted by Crippen LogP contribution is 2.21. The van der Waals surface area contributed by atoms with Gasteiger partial charge < -0.3 is 10.2 Å². The number of benzene rings is 1. The molecule has 0 radical (unpaired) electrons. The fourth-order valence-electron chi connectivity index (χ4n) is 3.02. The van der Waals surface area contributed by atoms with Gasteiger partial charge in [-0.3, -0.25) is 14.7 Å². The lowest BCUT2D eigenvalue weighted by atomic mass is 10.0. The van der Waals surface area contributed by atoms with E-state index in [2.05, 4.69) is 15.5 Å². The predicted octanol–water partition coefficient (Wildman–Crippen LogP) is 2.59. The predicted molar refractivity (Wildman–Crippen MR) is 93.0 cm³/mol. The van der Waals surface area contributed by atoms with E-state index in [1.807, 2.05) is 18.7 Å². The number of nitrogens with one attached hydrogen (secondary N) is 2. The van der Waals surface area contributed by atoms with Gasteiger partial charge in [0, 0.05) is 35.5 Å². The molecule has 6 nitrogen and oxygen atoms in total. The molecule has 2 heterocycles. The zero-order valence-electron chi connectivity index (χ0n) is 13.8. The molecule has 0 bridgehead atoms. The van der Waals surface area contributed by atoms with Gasteiger partial charge in [0.2, 0.25) is 5.91 Å². The third kappa shape index (κ3) is 3.38. The molecule has 128 valence electrons. The monoisotopic (exact) mass is 348 g/mol. The number of piperidine rings is 1. The maximum Gasteiger partial charge on any atom is 0.272 e. The Morgan fingerprint density at radius 2 is 2.04 bits per heavy atom.